The van der Waals surface area contributed by atoms with Gasteiger partial charge >= 0.3 is 0 Å². The Balaban J connectivity index is 1.64. The molecule has 0 fully saturated rings. The Kier molecular flexibility index (Phi) is 3.77. The van der Waals surface area contributed by atoms with Gasteiger partial charge < -0.3 is 0 Å². The molecule has 4 aromatic rings. The predicted molar refractivity (Wildman–Crippen MR) is 98.7 cm³/mol. The van der Waals surface area contributed by atoms with Gasteiger partial charge in [-0.25, -0.2) is 4.98 Å². The molecule has 4 rings (SSSR count). The van der Waals surface area contributed by atoms with E-state index in [2.05, 4.69) is 26.4 Å². The molecular formula is C18H15N5OS. The molecule has 0 saturated heterocycles. The number of pyridine rings is 1. The Labute approximate surface area is 148 Å². The number of nitrogens with zero attached hydrogens (tertiary/aromatic N) is 4. The molecule has 0 spiro atoms. The number of aryl methyl sites for hydroxylation is 2. The van der Waals surface area contributed by atoms with Crippen LogP contribution < -0.4 is 5.32 Å². The maximum atomic E-state index is 12.2. The van der Waals surface area contributed by atoms with E-state index in [0.717, 1.165) is 27.0 Å². The lowest BCUT2D eigenvalue weighted by Gasteiger charge is -2.04. The average molecular weight is 349 g/mol. The number of carbonyl (C=O) groups excluding carboxylic acids is 1. The average Bonchev–Trinajstić information content (AvgIpc) is 3.20. The number of nitrogens with one attached hydrogen (secondary N) is 1. The molecule has 0 saturated carbocycles. The van der Waals surface area contributed by atoms with E-state index in [-0.39, 0.29) is 5.91 Å². The number of carbonyl (C=O) groups is 1. The lowest BCUT2D eigenvalue weighted by atomic mass is 10.0. The van der Waals surface area contributed by atoms with Gasteiger partial charge in [0.15, 0.2) is 10.8 Å². The van der Waals surface area contributed by atoms with E-state index >= 15 is 0 Å². The predicted octanol–water partition coefficient (Wildman–Crippen LogP) is 3.65. The van der Waals surface area contributed by atoms with E-state index < -0.39 is 0 Å². The monoisotopic (exact) mass is 349 g/mol. The van der Waals surface area contributed by atoms with Crippen LogP contribution in [0.3, 0.4) is 0 Å². The van der Waals surface area contributed by atoms with Crippen LogP contribution in [-0.4, -0.2) is 25.7 Å². The van der Waals surface area contributed by atoms with Gasteiger partial charge in [0.2, 0.25) is 0 Å². The quantitative estimate of drug-likeness (QED) is 0.613. The van der Waals surface area contributed by atoms with E-state index in [0.29, 0.717) is 10.8 Å². The molecule has 3 aromatic heterocycles. The van der Waals surface area contributed by atoms with Crippen molar-refractivity contribution in [3.63, 3.8) is 0 Å². The lowest BCUT2D eigenvalue weighted by molar-refractivity contribution is 0.102. The summed E-state index contributed by atoms with van der Waals surface area (Å²) < 4.78 is 2.60. The van der Waals surface area contributed by atoms with Gasteiger partial charge in [-0.2, -0.15) is 5.10 Å². The second kappa shape index (κ2) is 6.10. The van der Waals surface area contributed by atoms with E-state index in [1.54, 1.807) is 30.2 Å². The number of rotatable bonds is 3. The molecule has 0 aliphatic rings. The van der Waals surface area contributed by atoms with Gasteiger partial charge in [0.1, 0.15) is 0 Å². The zero-order valence-electron chi connectivity index (χ0n) is 13.7. The Hall–Kier alpha value is -3.06. The fourth-order valence-corrected chi connectivity index (χ4v) is 3.53. The Morgan fingerprint density at radius 3 is 2.88 bits per heavy atom. The van der Waals surface area contributed by atoms with Crippen LogP contribution in [0.4, 0.5) is 5.13 Å². The summed E-state index contributed by atoms with van der Waals surface area (Å²) >= 11 is 1.44. The Morgan fingerprint density at radius 2 is 2.12 bits per heavy atom. The van der Waals surface area contributed by atoms with Gasteiger partial charge in [-0.1, -0.05) is 23.5 Å². The maximum absolute atomic E-state index is 12.2. The highest BCUT2D eigenvalue weighted by atomic mass is 32.1. The molecule has 1 amide bonds. The van der Waals surface area contributed by atoms with Crippen LogP contribution >= 0.6 is 11.3 Å². The summed E-state index contributed by atoms with van der Waals surface area (Å²) in [6, 6.07) is 11.7. The normalized spacial score (nSPS) is 11.0. The van der Waals surface area contributed by atoms with Crippen molar-refractivity contribution >= 4 is 32.6 Å². The first kappa shape index (κ1) is 15.5. The number of anilines is 1. The summed E-state index contributed by atoms with van der Waals surface area (Å²) in [5, 5.41) is 7.47. The first-order valence-electron chi connectivity index (χ1n) is 7.74. The van der Waals surface area contributed by atoms with Crippen LogP contribution in [-0.2, 0) is 7.05 Å². The van der Waals surface area contributed by atoms with Gasteiger partial charge in [-0.05, 0) is 36.8 Å². The summed E-state index contributed by atoms with van der Waals surface area (Å²) in [7, 11) is 1.77. The molecular weight excluding hydrogens is 334 g/mol. The summed E-state index contributed by atoms with van der Waals surface area (Å²) in [5.74, 6) is -0.261. The van der Waals surface area contributed by atoms with Crippen LogP contribution in [0.1, 0.15) is 16.2 Å². The second-order valence-electron chi connectivity index (χ2n) is 5.67. The smallest absolute Gasteiger partial charge is 0.277 e. The molecule has 7 heteroatoms. The van der Waals surface area contributed by atoms with E-state index in [9.17, 15) is 4.79 Å². The molecule has 0 aliphatic carbocycles. The molecule has 0 aliphatic heterocycles. The minimum atomic E-state index is -0.261. The first-order valence-corrected chi connectivity index (χ1v) is 8.55. The number of benzene rings is 1. The number of hydrogen-bond donors (Lipinski definition) is 1. The van der Waals surface area contributed by atoms with Gasteiger partial charge in [0.25, 0.3) is 5.91 Å². The fourth-order valence-electron chi connectivity index (χ4n) is 2.63. The van der Waals surface area contributed by atoms with Gasteiger partial charge in [0, 0.05) is 30.7 Å². The van der Waals surface area contributed by atoms with Crippen LogP contribution in [0.5, 0.6) is 0 Å². The van der Waals surface area contributed by atoms with Crippen molar-refractivity contribution in [1.29, 1.82) is 0 Å². The van der Waals surface area contributed by atoms with Crippen LogP contribution in [0.2, 0.25) is 0 Å². The summed E-state index contributed by atoms with van der Waals surface area (Å²) in [4.78, 5) is 21.0. The minimum Gasteiger partial charge on any atom is -0.296 e. The van der Waals surface area contributed by atoms with Crippen LogP contribution in [0.15, 0.2) is 48.8 Å². The fraction of sp³-hybridized carbons (Fsp3) is 0.111. The highest BCUT2D eigenvalue weighted by Crippen LogP contribution is 2.31. The molecule has 25 heavy (non-hydrogen) atoms. The molecule has 0 atom stereocenters. The summed E-state index contributed by atoms with van der Waals surface area (Å²) in [6.45, 7) is 1.99. The highest BCUT2D eigenvalue weighted by molar-refractivity contribution is 7.22. The minimum absolute atomic E-state index is 0.261. The third kappa shape index (κ3) is 3.01. The van der Waals surface area contributed by atoms with Crippen molar-refractivity contribution in [2.45, 2.75) is 6.92 Å². The Morgan fingerprint density at radius 1 is 1.24 bits per heavy atom. The molecule has 124 valence electrons. The van der Waals surface area contributed by atoms with E-state index in [1.807, 2.05) is 31.2 Å². The molecule has 0 unspecified atom stereocenters. The first-order chi connectivity index (χ1) is 12.1. The van der Waals surface area contributed by atoms with E-state index in [4.69, 9.17) is 0 Å². The molecule has 6 nitrogen and oxygen atoms in total. The van der Waals surface area contributed by atoms with Crippen molar-refractivity contribution in [1.82, 2.24) is 19.7 Å². The van der Waals surface area contributed by atoms with Crippen molar-refractivity contribution in [2.75, 3.05) is 5.32 Å². The third-order valence-electron chi connectivity index (χ3n) is 3.87. The highest BCUT2D eigenvalue weighted by Gasteiger charge is 2.13. The molecule has 1 N–H and O–H groups in total. The number of hydrogen-bond acceptors (Lipinski definition) is 5. The molecule has 1 aromatic carbocycles. The standard InChI is InChI=1S/C18H15N5OS/c1-11-13(4-3-8-19-11)12-5-6-14-16(10-12)25-18(20-14)21-17(24)15-7-9-23(2)22-15/h3-10H,1-2H3,(H,20,21,24). The van der Waals surface area contributed by atoms with Crippen LogP contribution in [0, 0.1) is 6.92 Å². The van der Waals surface area contributed by atoms with Crippen LogP contribution in [0.25, 0.3) is 21.3 Å². The largest absolute Gasteiger partial charge is 0.296 e. The molecule has 3 heterocycles. The topological polar surface area (TPSA) is 72.7 Å². The third-order valence-corrected chi connectivity index (χ3v) is 4.81. The zero-order valence-corrected chi connectivity index (χ0v) is 14.5. The van der Waals surface area contributed by atoms with Gasteiger partial charge in [-0.15, -0.1) is 0 Å². The molecule has 0 bridgehead atoms. The lowest BCUT2D eigenvalue weighted by Crippen LogP contribution is -2.12. The number of amides is 1. The van der Waals surface area contributed by atoms with Crippen molar-refractivity contribution in [3.05, 3.63) is 60.2 Å². The molecule has 0 radical (unpaired) electrons. The van der Waals surface area contributed by atoms with Gasteiger partial charge in [0.05, 0.1) is 10.2 Å². The number of aromatic nitrogens is 4. The SMILES string of the molecule is Cc1ncccc1-c1ccc2nc(NC(=O)c3ccn(C)n3)sc2c1. The number of thiazole rings is 1. The van der Waals surface area contributed by atoms with E-state index in [1.165, 1.54) is 11.3 Å². The van der Waals surface area contributed by atoms with Crippen molar-refractivity contribution in [2.24, 2.45) is 7.05 Å². The maximum Gasteiger partial charge on any atom is 0.277 e. The number of fused-ring (bicyclic) bond motifs is 1. The van der Waals surface area contributed by atoms with Crippen molar-refractivity contribution < 1.29 is 4.79 Å². The summed E-state index contributed by atoms with van der Waals surface area (Å²) in [6.07, 6.45) is 3.52. The van der Waals surface area contributed by atoms with Crippen molar-refractivity contribution in [3.8, 4) is 11.1 Å². The summed E-state index contributed by atoms with van der Waals surface area (Å²) in [5.41, 5.74) is 4.39. The van der Waals surface area contributed by atoms with Gasteiger partial charge in [-0.3, -0.25) is 19.8 Å². The second-order valence-corrected chi connectivity index (χ2v) is 6.70. The Bertz CT molecular complexity index is 1080. The zero-order chi connectivity index (χ0) is 17.4.